The highest BCUT2D eigenvalue weighted by Crippen LogP contribution is 2.40. The van der Waals surface area contributed by atoms with Crippen LogP contribution in [0, 0.1) is 0 Å². The van der Waals surface area contributed by atoms with Crippen molar-refractivity contribution in [2.75, 3.05) is 0 Å². The van der Waals surface area contributed by atoms with Gasteiger partial charge in [0.25, 0.3) is 0 Å². The fraction of sp³-hybridized carbons (Fsp3) is 0. The van der Waals surface area contributed by atoms with Gasteiger partial charge in [0.05, 0.1) is 0 Å². The summed E-state index contributed by atoms with van der Waals surface area (Å²) in [4.78, 5) is 15.3. The van der Waals surface area contributed by atoms with Crippen molar-refractivity contribution in [1.82, 2.24) is 15.0 Å². The van der Waals surface area contributed by atoms with Crippen molar-refractivity contribution in [2.24, 2.45) is 0 Å². The van der Waals surface area contributed by atoms with Gasteiger partial charge in [-0.2, -0.15) is 0 Å². The molecule has 45 heavy (non-hydrogen) atoms. The van der Waals surface area contributed by atoms with Gasteiger partial charge in [-0.05, 0) is 63.0 Å². The summed E-state index contributed by atoms with van der Waals surface area (Å²) in [5, 5.41) is 7.16. The average molecular weight is 592 g/mol. The van der Waals surface area contributed by atoms with Crippen LogP contribution in [-0.4, -0.2) is 15.0 Å². The zero-order chi connectivity index (χ0) is 29.7. The van der Waals surface area contributed by atoms with Gasteiger partial charge in [0.2, 0.25) is 0 Å². The zero-order valence-electron chi connectivity index (χ0n) is 24.2. The minimum Gasteiger partial charge on any atom is -0.208 e. The lowest BCUT2D eigenvalue weighted by atomic mass is 10.00. The van der Waals surface area contributed by atoms with Gasteiger partial charge in [0.1, 0.15) is 0 Å². The summed E-state index contributed by atoms with van der Waals surface area (Å²) in [6.45, 7) is 0. The van der Waals surface area contributed by atoms with Crippen LogP contribution >= 0.6 is 11.3 Å². The molecule has 0 amide bonds. The Hall–Kier alpha value is -5.71. The van der Waals surface area contributed by atoms with Crippen LogP contribution in [0.2, 0.25) is 0 Å². The van der Waals surface area contributed by atoms with Gasteiger partial charge in [-0.1, -0.05) is 121 Å². The quantitative estimate of drug-likeness (QED) is 0.204. The van der Waals surface area contributed by atoms with Crippen LogP contribution in [-0.2, 0) is 0 Å². The molecule has 0 unspecified atom stereocenters. The number of rotatable bonds is 4. The SMILES string of the molecule is c1ccc(-c2ccc3cc(-c4nc(-c5ccc6ccccc6c5)nc(-c5cccc6c5sc5ccccc56)n4)ccc3c2)cc1. The highest BCUT2D eigenvalue weighted by Gasteiger charge is 2.17. The number of aromatic nitrogens is 3. The summed E-state index contributed by atoms with van der Waals surface area (Å²) in [5.41, 5.74) is 5.36. The first-order valence-electron chi connectivity index (χ1n) is 15.0. The maximum atomic E-state index is 5.14. The number of hydrogen-bond acceptors (Lipinski definition) is 4. The van der Waals surface area contributed by atoms with Gasteiger partial charge >= 0.3 is 0 Å². The Labute approximate surface area is 264 Å². The maximum Gasteiger partial charge on any atom is 0.165 e. The number of thiophene rings is 1. The summed E-state index contributed by atoms with van der Waals surface area (Å²) >= 11 is 1.79. The normalized spacial score (nSPS) is 11.6. The summed E-state index contributed by atoms with van der Waals surface area (Å²) in [6, 6.07) is 53.4. The van der Waals surface area contributed by atoms with Crippen molar-refractivity contribution < 1.29 is 0 Å². The van der Waals surface area contributed by atoms with Gasteiger partial charge in [-0.25, -0.2) is 15.0 Å². The molecule has 4 heteroatoms. The van der Waals surface area contributed by atoms with E-state index in [0.29, 0.717) is 17.5 Å². The Balaban J connectivity index is 1.24. The third-order valence-electron chi connectivity index (χ3n) is 8.49. The minimum absolute atomic E-state index is 0.662. The van der Waals surface area contributed by atoms with E-state index in [1.807, 2.05) is 6.07 Å². The maximum absolute atomic E-state index is 5.14. The molecule has 0 saturated heterocycles. The van der Waals surface area contributed by atoms with Crippen LogP contribution in [0.3, 0.4) is 0 Å². The van der Waals surface area contributed by atoms with Crippen molar-refractivity contribution in [1.29, 1.82) is 0 Å². The molecule has 2 aromatic heterocycles. The number of nitrogens with zero attached hydrogens (tertiary/aromatic N) is 3. The highest BCUT2D eigenvalue weighted by molar-refractivity contribution is 7.26. The molecule has 9 rings (SSSR count). The molecule has 0 aliphatic carbocycles. The van der Waals surface area contributed by atoms with Gasteiger partial charge < -0.3 is 0 Å². The Kier molecular flexibility index (Phi) is 6.00. The van der Waals surface area contributed by atoms with Gasteiger partial charge in [0.15, 0.2) is 17.5 Å². The smallest absolute Gasteiger partial charge is 0.165 e. The molecular weight excluding hydrogens is 567 g/mol. The first kappa shape index (κ1) is 25.8. The third kappa shape index (κ3) is 4.55. The second-order valence-corrected chi connectivity index (χ2v) is 12.3. The van der Waals surface area contributed by atoms with Crippen molar-refractivity contribution in [3.05, 3.63) is 152 Å². The standard InChI is InChI=1S/C41H25N3S/c1-2-9-26(10-3-1)29-18-19-31-25-33(22-20-30(31)23-29)40-42-39(32-21-17-27-11-4-5-12-28(27)24-32)43-41(44-40)36-15-8-14-35-34-13-6-7-16-37(34)45-38(35)36/h1-25H. The van der Waals surface area contributed by atoms with Crippen LogP contribution in [0.25, 0.3) is 87.0 Å². The Morgan fingerprint density at radius 1 is 0.356 bits per heavy atom. The largest absolute Gasteiger partial charge is 0.208 e. The zero-order valence-corrected chi connectivity index (χ0v) is 25.0. The van der Waals surface area contributed by atoms with Gasteiger partial charge in [-0.3, -0.25) is 0 Å². The van der Waals surface area contributed by atoms with E-state index in [1.54, 1.807) is 11.3 Å². The molecule has 0 aliphatic heterocycles. The first-order valence-corrected chi connectivity index (χ1v) is 15.8. The molecule has 2 heterocycles. The Morgan fingerprint density at radius 2 is 0.911 bits per heavy atom. The number of fused-ring (bicyclic) bond motifs is 5. The first-order chi connectivity index (χ1) is 22.3. The molecule has 0 fully saturated rings. The van der Waals surface area contributed by atoms with E-state index in [9.17, 15) is 0 Å². The predicted octanol–water partition coefficient (Wildman–Crippen LogP) is 11.2. The molecule has 0 N–H and O–H groups in total. The minimum atomic E-state index is 0.662. The van der Waals surface area contributed by atoms with E-state index >= 15 is 0 Å². The van der Waals surface area contributed by atoms with E-state index in [0.717, 1.165) is 27.5 Å². The third-order valence-corrected chi connectivity index (χ3v) is 9.71. The highest BCUT2D eigenvalue weighted by atomic mass is 32.1. The Morgan fingerprint density at radius 3 is 1.69 bits per heavy atom. The van der Waals surface area contributed by atoms with Gasteiger partial charge in [0, 0.05) is 36.9 Å². The topological polar surface area (TPSA) is 38.7 Å². The van der Waals surface area contributed by atoms with Crippen molar-refractivity contribution >= 4 is 53.1 Å². The molecule has 210 valence electrons. The van der Waals surface area contributed by atoms with Crippen molar-refractivity contribution in [3.63, 3.8) is 0 Å². The molecule has 3 nitrogen and oxygen atoms in total. The van der Waals surface area contributed by atoms with Crippen LogP contribution in [0.15, 0.2) is 152 Å². The average Bonchev–Trinajstić information content (AvgIpc) is 3.50. The number of hydrogen-bond donors (Lipinski definition) is 0. The molecule has 0 saturated carbocycles. The molecular formula is C41H25N3S. The fourth-order valence-corrected chi connectivity index (χ4v) is 7.41. The fourth-order valence-electron chi connectivity index (χ4n) is 6.20. The summed E-state index contributed by atoms with van der Waals surface area (Å²) in [7, 11) is 0. The lowest BCUT2D eigenvalue weighted by Crippen LogP contribution is -2.00. The Bertz CT molecular complexity index is 2550. The van der Waals surface area contributed by atoms with E-state index in [4.69, 9.17) is 15.0 Å². The van der Waals surface area contributed by atoms with Crippen molar-refractivity contribution in [2.45, 2.75) is 0 Å². The second kappa shape index (κ2) is 10.5. The van der Waals surface area contributed by atoms with E-state index in [-0.39, 0.29) is 0 Å². The van der Waals surface area contributed by atoms with E-state index in [2.05, 4.69) is 146 Å². The van der Waals surface area contributed by atoms with Crippen LogP contribution in [0.1, 0.15) is 0 Å². The summed E-state index contributed by atoms with van der Waals surface area (Å²) < 4.78 is 2.45. The lowest BCUT2D eigenvalue weighted by Gasteiger charge is -2.11. The van der Waals surface area contributed by atoms with E-state index in [1.165, 1.54) is 42.1 Å². The van der Waals surface area contributed by atoms with Gasteiger partial charge in [-0.15, -0.1) is 11.3 Å². The van der Waals surface area contributed by atoms with Crippen LogP contribution in [0.5, 0.6) is 0 Å². The van der Waals surface area contributed by atoms with Crippen LogP contribution < -0.4 is 0 Å². The molecule has 0 spiro atoms. The molecule has 0 bridgehead atoms. The molecule has 0 radical (unpaired) electrons. The monoisotopic (exact) mass is 591 g/mol. The molecule has 0 aliphatic rings. The lowest BCUT2D eigenvalue weighted by molar-refractivity contribution is 1.08. The molecule has 9 aromatic rings. The van der Waals surface area contributed by atoms with Crippen molar-refractivity contribution in [3.8, 4) is 45.3 Å². The van der Waals surface area contributed by atoms with Crippen LogP contribution in [0.4, 0.5) is 0 Å². The summed E-state index contributed by atoms with van der Waals surface area (Å²) in [5.74, 6) is 2.01. The van der Waals surface area contributed by atoms with E-state index < -0.39 is 0 Å². The molecule has 7 aromatic carbocycles. The number of benzene rings is 7. The summed E-state index contributed by atoms with van der Waals surface area (Å²) in [6.07, 6.45) is 0. The predicted molar refractivity (Wildman–Crippen MR) is 189 cm³/mol. The second-order valence-electron chi connectivity index (χ2n) is 11.3. The molecule has 0 atom stereocenters.